The van der Waals surface area contributed by atoms with Crippen molar-refractivity contribution < 1.29 is 17.9 Å². The molecule has 0 aliphatic rings. The normalized spacial score (nSPS) is 11.8. The summed E-state index contributed by atoms with van der Waals surface area (Å²) in [6, 6.07) is 4.59. The molecule has 2 rings (SSSR count). The predicted molar refractivity (Wildman–Crippen MR) is 58.0 cm³/mol. The first-order valence-electron chi connectivity index (χ1n) is 4.94. The maximum Gasteiger partial charge on any atom is 0.418 e. The van der Waals surface area contributed by atoms with Crippen LogP contribution in [0.5, 0.6) is 5.75 Å². The number of alkyl halides is 3. The lowest BCUT2D eigenvalue weighted by Crippen LogP contribution is -2.07. The Labute approximate surface area is 96.0 Å². The number of aromatic nitrogens is 1. The number of pyridine rings is 1. The zero-order valence-corrected chi connectivity index (χ0v) is 9.30. The van der Waals surface area contributed by atoms with E-state index in [4.69, 9.17) is 4.74 Å². The number of halogens is 3. The van der Waals surface area contributed by atoms with Gasteiger partial charge in [0, 0.05) is 22.7 Å². The van der Waals surface area contributed by atoms with E-state index in [9.17, 15) is 13.2 Å². The van der Waals surface area contributed by atoms with Crippen LogP contribution in [-0.4, -0.2) is 12.1 Å². The van der Waals surface area contributed by atoms with Crippen LogP contribution in [0.3, 0.4) is 0 Å². The minimum atomic E-state index is -4.41. The third-order valence-corrected chi connectivity index (χ3v) is 2.60. The van der Waals surface area contributed by atoms with E-state index in [-0.39, 0.29) is 5.39 Å². The number of nitrogens with zero attached hydrogens (tertiary/aromatic N) is 1. The number of methoxy groups -OCH3 is 1. The molecule has 0 spiro atoms. The largest absolute Gasteiger partial charge is 0.497 e. The van der Waals surface area contributed by atoms with Crippen molar-refractivity contribution in [3.05, 3.63) is 35.7 Å². The van der Waals surface area contributed by atoms with Crippen molar-refractivity contribution in [3.63, 3.8) is 0 Å². The van der Waals surface area contributed by atoms with Crippen LogP contribution in [0.1, 0.15) is 11.3 Å². The molecular formula is C12H10F3NO. The third-order valence-electron chi connectivity index (χ3n) is 2.60. The summed E-state index contributed by atoms with van der Waals surface area (Å²) in [5.74, 6) is 0.397. The Hall–Kier alpha value is -1.78. The Balaban J connectivity index is 2.81. The maximum absolute atomic E-state index is 12.8. The van der Waals surface area contributed by atoms with Crippen molar-refractivity contribution in [3.8, 4) is 5.75 Å². The van der Waals surface area contributed by atoms with Crippen LogP contribution in [-0.2, 0) is 6.18 Å². The van der Waals surface area contributed by atoms with Crippen molar-refractivity contribution in [2.24, 2.45) is 0 Å². The van der Waals surface area contributed by atoms with E-state index in [2.05, 4.69) is 4.98 Å². The van der Waals surface area contributed by atoms with Crippen LogP contribution < -0.4 is 4.74 Å². The summed E-state index contributed by atoms with van der Waals surface area (Å²) in [7, 11) is 1.42. The molecule has 2 nitrogen and oxygen atoms in total. The third kappa shape index (κ3) is 2.05. The van der Waals surface area contributed by atoms with E-state index in [1.54, 1.807) is 19.1 Å². The van der Waals surface area contributed by atoms with E-state index in [1.807, 2.05) is 0 Å². The number of hydrogen-bond donors (Lipinski definition) is 0. The first-order valence-corrected chi connectivity index (χ1v) is 4.94. The minimum absolute atomic E-state index is 0.115. The van der Waals surface area contributed by atoms with Crippen LogP contribution in [0.2, 0.25) is 0 Å². The molecule has 17 heavy (non-hydrogen) atoms. The summed E-state index contributed by atoms with van der Waals surface area (Å²) >= 11 is 0. The first-order chi connectivity index (χ1) is 7.93. The lowest BCUT2D eigenvalue weighted by atomic mass is 10.0. The SMILES string of the molecule is COc1ccc2c(C)ncc(C(F)(F)F)c2c1. The van der Waals surface area contributed by atoms with E-state index < -0.39 is 11.7 Å². The van der Waals surface area contributed by atoms with Gasteiger partial charge in [-0.3, -0.25) is 4.98 Å². The van der Waals surface area contributed by atoms with Gasteiger partial charge >= 0.3 is 6.18 Å². The zero-order chi connectivity index (χ0) is 12.6. The maximum atomic E-state index is 12.8. The molecule has 90 valence electrons. The molecular weight excluding hydrogens is 231 g/mol. The number of benzene rings is 1. The highest BCUT2D eigenvalue weighted by atomic mass is 19.4. The Morgan fingerprint density at radius 1 is 1.18 bits per heavy atom. The van der Waals surface area contributed by atoms with Gasteiger partial charge in [-0.2, -0.15) is 13.2 Å². The molecule has 0 radical (unpaired) electrons. The van der Waals surface area contributed by atoms with Gasteiger partial charge in [0.15, 0.2) is 0 Å². The van der Waals surface area contributed by atoms with Crippen molar-refractivity contribution in [1.82, 2.24) is 4.98 Å². The Bertz CT molecular complexity index is 563. The summed E-state index contributed by atoms with van der Waals surface area (Å²) in [6.45, 7) is 1.68. The highest BCUT2D eigenvalue weighted by Crippen LogP contribution is 2.36. The molecule has 0 bridgehead atoms. The lowest BCUT2D eigenvalue weighted by molar-refractivity contribution is -0.136. The molecule has 0 amide bonds. The Kier molecular flexibility index (Phi) is 2.69. The molecule has 0 fully saturated rings. The molecule has 0 saturated heterocycles. The zero-order valence-electron chi connectivity index (χ0n) is 9.30. The van der Waals surface area contributed by atoms with E-state index in [1.165, 1.54) is 13.2 Å². The minimum Gasteiger partial charge on any atom is -0.497 e. The fourth-order valence-electron chi connectivity index (χ4n) is 1.72. The highest BCUT2D eigenvalue weighted by molar-refractivity contribution is 5.88. The smallest absolute Gasteiger partial charge is 0.418 e. The summed E-state index contributed by atoms with van der Waals surface area (Å²) in [4.78, 5) is 3.77. The number of ether oxygens (including phenoxy) is 1. The number of aryl methyl sites for hydroxylation is 1. The molecule has 2 aromatic rings. The standard InChI is InChI=1S/C12H10F3NO/c1-7-9-4-3-8(17-2)5-10(9)11(6-16-7)12(13,14)15/h3-6H,1-2H3. The van der Waals surface area contributed by atoms with E-state index in [0.717, 1.165) is 6.20 Å². The fourth-order valence-corrected chi connectivity index (χ4v) is 1.72. The predicted octanol–water partition coefficient (Wildman–Crippen LogP) is 3.57. The van der Waals surface area contributed by atoms with Crippen LogP contribution in [0, 0.1) is 6.92 Å². The Morgan fingerprint density at radius 2 is 1.88 bits per heavy atom. The molecule has 1 aromatic heterocycles. The van der Waals surface area contributed by atoms with Gasteiger partial charge < -0.3 is 4.74 Å². The second-order valence-corrected chi connectivity index (χ2v) is 3.67. The van der Waals surface area contributed by atoms with Gasteiger partial charge in [-0.1, -0.05) is 0 Å². The fraction of sp³-hybridized carbons (Fsp3) is 0.250. The Morgan fingerprint density at radius 3 is 2.47 bits per heavy atom. The van der Waals surface area contributed by atoms with Crippen molar-refractivity contribution in [1.29, 1.82) is 0 Å². The molecule has 1 heterocycles. The average molecular weight is 241 g/mol. The molecule has 0 unspecified atom stereocenters. The van der Waals surface area contributed by atoms with E-state index in [0.29, 0.717) is 16.8 Å². The monoisotopic (exact) mass is 241 g/mol. The van der Waals surface area contributed by atoms with Gasteiger partial charge in [0.2, 0.25) is 0 Å². The lowest BCUT2D eigenvalue weighted by Gasteiger charge is -2.12. The molecule has 0 aliphatic heterocycles. The van der Waals surface area contributed by atoms with Gasteiger partial charge in [0.05, 0.1) is 12.7 Å². The summed E-state index contributed by atoms with van der Waals surface area (Å²) < 4.78 is 43.4. The van der Waals surface area contributed by atoms with Crippen LogP contribution >= 0.6 is 0 Å². The average Bonchev–Trinajstić information content (AvgIpc) is 2.27. The van der Waals surface area contributed by atoms with Crippen LogP contribution in [0.25, 0.3) is 10.8 Å². The molecule has 0 N–H and O–H groups in total. The van der Waals surface area contributed by atoms with Gasteiger partial charge in [-0.05, 0) is 25.1 Å². The van der Waals surface area contributed by atoms with Crippen LogP contribution in [0.4, 0.5) is 13.2 Å². The first kappa shape index (κ1) is 11.7. The van der Waals surface area contributed by atoms with Gasteiger partial charge in [0.1, 0.15) is 5.75 Å². The molecule has 0 aliphatic carbocycles. The van der Waals surface area contributed by atoms with Gasteiger partial charge in [-0.25, -0.2) is 0 Å². The number of rotatable bonds is 1. The van der Waals surface area contributed by atoms with Crippen molar-refractivity contribution >= 4 is 10.8 Å². The summed E-state index contributed by atoms with van der Waals surface area (Å²) in [5, 5.41) is 0.602. The quantitative estimate of drug-likeness (QED) is 0.761. The molecule has 1 aromatic carbocycles. The molecule has 0 atom stereocenters. The second kappa shape index (κ2) is 3.91. The van der Waals surface area contributed by atoms with Crippen molar-refractivity contribution in [2.75, 3.05) is 7.11 Å². The molecule has 5 heteroatoms. The van der Waals surface area contributed by atoms with Crippen LogP contribution in [0.15, 0.2) is 24.4 Å². The van der Waals surface area contributed by atoms with Crippen molar-refractivity contribution in [2.45, 2.75) is 13.1 Å². The van der Waals surface area contributed by atoms with Gasteiger partial charge in [-0.15, -0.1) is 0 Å². The topological polar surface area (TPSA) is 22.1 Å². The summed E-state index contributed by atoms with van der Waals surface area (Å²) in [5.41, 5.74) is -0.173. The number of hydrogen-bond acceptors (Lipinski definition) is 2. The number of fused-ring (bicyclic) bond motifs is 1. The second-order valence-electron chi connectivity index (χ2n) is 3.67. The highest BCUT2D eigenvalue weighted by Gasteiger charge is 2.33. The van der Waals surface area contributed by atoms with Gasteiger partial charge in [0.25, 0.3) is 0 Å². The van der Waals surface area contributed by atoms with E-state index >= 15 is 0 Å². The molecule has 0 saturated carbocycles. The summed E-state index contributed by atoms with van der Waals surface area (Å²) in [6.07, 6.45) is -3.55.